The summed E-state index contributed by atoms with van der Waals surface area (Å²) >= 11 is 0. The number of hydrogen-bond donors (Lipinski definition) is 1. The summed E-state index contributed by atoms with van der Waals surface area (Å²) in [5.41, 5.74) is 5.95. The Bertz CT molecular complexity index is 1260. The number of methoxy groups -OCH3 is 2. The van der Waals surface area contributed by atoms with E-state index in [0.29, 0.717) is 28.3 Å². The Morgan fingerprint density at radius 1 is 1.00 bits per heavy atom. The summed E-state index contributed by atoms with van der Waals surface area (Å²) in [7, 11) is 3.18. The Labute approximate surface area is 179 Å². The smallest absolute Gasteiger partial charge is 0.272 e. The van der Waals surface area contributed by atoms with Gasteiger partial charge in [-0.25, -0.2) is 10.4 Å². The van der Waals surface area contributed by atoms with E-state index in [1.807, 2.05) is 36.4 Å². The molecule has 0 fully saturated rings. The second-order valence-corrected chi connectivity index (χ2v) is 6.62. The van der Waals surface area contributed by atoms with E-state index >= 15 is 0 Å². The number of hydrazone groups is 1. The van der Waals surface area contributed by atoms with Crippen molar-refractivity contribution in [2.45, 2.75) is 0 Å². The van der Waals surface area contributed by atoms with E-state index in [0.717, 1.165) is 16.5 Å². The molecule has 4 rings (SSSR count). The highest BCUT2D eigenvalue weighted by Gasteiger charge is 2.16. The lowest BCUT2D eigenvalue weighted by Crippen LogP contribution is -2.18. The molecule has 0 saturated carbocycles. The topological polar surface area (TPSA) is 85.7 Å². The van der Waals surface area contributed by atoms with Crippen LogP contribution in [0.2, 0.25) is 0 Å². The Kier molecular flexibility index (Phi) is 5.84. The second kappa shape index (κ2) is 9.04. The number of nitrogens with one attached hydrogen (secondary N) is 1. The van der Waals surface area contributed by atoms with Crippen LogP contribution in [-0.4, -0.2) is 36.3 Å². The number of carbonyl (C=O) groups is 1. The van der Waals surface area contributed by atoms with Gasteiger partial charge in [-0.05, 0) is 42.0 Å². The molecule has 154 valence electrons. The number of benzene rings is 2. The molecule has 2 aromatic heterocycles. The predicted molar refractivity (Wildman–Crippen MR) is 120 cm³/mol. The normalized spacial score (nSPS) is 10.9. The van der Waals surface area contributed by atoms with E-state index in [1.165, 1.54) is 0 Å². The molecule has 7 nitrogen and oxygen atoms in total. The van der Waals surface area contributed by atoms with Crippen molar-refractivity contribution in [1.82, 2.24) is 15.4 Å². The highest BCUT2D eigenvalue weighted by Crippen LogP contribution is 2.34. The minimum Gasteiger partial charge on any atom is -0.497 e. The Morgan fingerprint density at radius 2 is 1.81 bits per heavy atom. The summed E-state index contributed by atoms with van der Waals surface area (Å²) in [6.07, 6.45) is 4.89. The first kappa shape index (κ1) is 20.0. The summed E-state index contributed by atoms with van der Waals surface area (Å²) in [5, 5.41) is 4.80. The van der Waals surface area contributed by atoms with Gasteiger partial charge in [-0.1, -0.05) is 18.2 Å². The maximum absolute atomic E-state index is 13.0. The number of amides is 1. The van der Waals surface area contributed by atoms with Gasteiger partial charge in [-0.2, -0.15) is 5.10 Å². The highest BCUT2D eigenvalue weighted by atomic mass is 16.5. The fourth-order valence-corrected chi connectivity index (χ4v) is 3.19. The van der Waals surface area contributed by atoms with E-state index in [4.69, 9.17) is 14.5 Å². The molecule has 1 N–H and O–H groups in total. The van der Waals surface area contributed by atoms with Crippen LogP contribution in [0, 0.1) is 0 Å². The van der Waals surface area contributed by atoms with Crippen LogP contribution >= 0.6 is 0 Å². The Morgan fingerprint density at radius 3 is 2.58 bits per heavy atom. The quantitative estimate of drug-likeness (QED) is 0.381. The summed E-state index contributed by atoms with van der Waals surface area (Å²) < 4.78 is 10.8. The summed E-state index contributed by atoms with van der Waals surface area (Å²) in [5.74, 6) is 0.937. The van der Waals surface area contributed by atoms with Crippen LogP contribution in [0.25, 0.3) is 22.2 Å². The van der Waals surface area contributed by atoms with E-state index in [-0.39, 0.29) is 5.91 Å². The van der Waals surface area contributed by atoms with Crippen molar-refractivity contribution in [3.05, 3.63) is 84.2 Å². The zero-order chi connectivity index (χ0) is 21.6. The molecule has 2 heterocycles. The molecule has 0 aliphatic rings. The van der Waals surface area contributed by atoms with Crippen LogP contribution < -0.4 is 14.9 Å². The maximum Gasteiger partial charge on any atom is 0.272 e. The number of pyridine rings is 2. The van der Waals surface area contributed by atoms with Crippen LogP contribution in [0.15, 0.2) is 78.2 Å². The van der Waals surface area contributed by atoms with Gasteiger partial charge in [0.15, 0.2) is 0 Å². The first-order chi connectivity index (χ1) is 15.2. The molecular weight excluding hydrogens is 392 g/mol. The summed E-state index contributed by atoms with van der Waals surface area (Å²) in [4.78, 5) is 21.7. The maximum atomic E-state index is 13.0. The second-order valence-electron chi connectivity index (χ2n) is 6.62. The van der Waals surface area contributed by atoms with Crippen LogP contribution in [0.4, 0.5) is 0 Å². The first-order valence-electron chi connectivity index (χ1n) is 9.55. The van der Waals surface area contributed by atoms with Gasteiger partial charge in [0.2, 0.25) is 0 Å². The molecule has 7 heteroatoms. The van der Waals surface area contributed by atoms with Crippen molar-refractivity contribution in [3.8, 4) is 22.8 Å². The predicted octanol–water partition coefficient (Wildman–Crippen LogP) is 4.08. The molecular formula is C24H20N4O3. The van der Waals surface area contributed by atoms with Crippen molar-refractivity contribution in [3.63, 3.8) is 0 Å². The van der Waals surface area contributed by atoms with E-state index in [2.05, 4.69) is 15.5 Å². The van der Waals surface area contributed by atoms with Crippen molar-refractivity contribution < 1.29 is 14.3 Å². The average molecular weight is 412 g/mol. The van der Waals surface area contributed by atoms with E-state index in [1.54, 1.807) is 57.1 Å². The van der Waals surface area contributed by atoms with Gasteiger partial charge < -0.3 is 9.47 Å². The van der Waals surface area contributed by atoms with Gasteiger partial charge in [-0.15, -0.1) is 0 Å². The number of para-hydroxylation sites is 1. The molecule has 2 aromatic carbocycles. The lowest BCUT2D eigenvalue weighted by atomic mass is 10.0. The summed E-state index contributed by atoms with van der Waals surface area (Å²) in [6, 6.07) is 18.3. The van der Waals surface area contributed by atoms with Crippen LogP contribution in [0.5, 0.6) is 11.5 Å². The first-order valence-corrected chi connectivity index (χ1v) is 9.55. The number of ether oxygens (including phenoxy) is 2. The van der Waals surface area contributed by atoms with Crippen molar-refractivity contribution in [2.24, 2.45) is 5.10 Å². The van der Waals surface area contributed by atoms with Crippen molar-refractivity contribution in [2.75, 3.05) is 14.2 Å². The number of carbonyl (C=O) groups excluding carboxylic acids is 1. The third-order valence-electron chi connectivity index (χ3n) is 4.73. The number of rotatable bonds is 6. The van der Waals surface area contributed by atoms with Crippen LogP contribution in [0.1, 0.15) is 15.9 Å². The Balaban J connectivity index is 1.73. The number of hydrogen-bond acceptors (Lipinski definition) is 6. The Hall–Kier alpha value is -4.26. The van der Waals surface area contributed by atoms with Crippen molar-refractivity contribution in [1.29, 1.82) is 0 Å². The SMILES string of the molecule is COc1ccc(-c2cc(C(=O)N/N=C/c3ccncc3)c3ccccc3n2)c(OC)c1. The lowest BCUT2D eigenvalue weighted by Gasteiger charge is -2.12. The van der Waals surface area contributed by atoms with Gasteiger partial charge in [0.25, 0.3) is 5.91 Å². The zero-order valence-electron chi connectivity index (χ0n) is 17.1. The molecule has 0 unspecified atom stereocenters. The molecule has 0 atom stereocenters. The van der Waals surface area contributed by atoms with Gasteiger partial charge in [-0.3, -0.25) is 9.78 Å². The van der Waals surface area contributed by atoms with Crippen molar-refractivity contribution >= 4 is 23.0 Å². The monoisotopic (exact) mass is 412 g/mol. The summed E-state index contributed by atoms with van der Waals surface area (Å²) in [6.45, 7) is 0. The largest absolute Gasteiger partial charge is 0.497 e. The number of fused-ring (bicyclic) bond motifs is 1. The van der Waals surface area contributed by atoms with E-state index < -0.39 is 0 Å². The molecule has 0 aliphatic carbocycles. The molecule has 1 amide bonds. The highest BCUT2D eigenvalue weighted by molar-refractivity contribution is 6.07. The lowest BCUT2D eigenvalue weighted by molar-refractivity contribution is 0.0956. The molecule has 4 aromatic rings. The third kappa shape index (κ3) is 4.35. The van der Waals surface area contributed by atoms with Gasteiger partial charge in [0, 0.05) is 29.4 Å². The minimum atomic E-state index is -0.336. The van der Waals surface area contributed by atoms with Crippen LogP contribution in [-0.2, 0) is 0 Å². The van der Waals surface area contributed by atoms with Crippen LogP contribution in [0.3, 0.4) is 0 Å². The molecule has 0 bridgehead atoms. The average Bonchev–Trinajstić information content (AvgIpc) is 2.83. The molecule has 0 radical (unpaired) electrons. The molecule has 0 aliphatic heterocycles. The molecule has 0 saturated heterocycles. The fraction of sp³-hybridized carbons (Fsp3) is 0.0833. The van der Waals surface area contributed by atoms with Gasteiger partial charge >= 0.3 is 0 Å². The molecule has 31 heavy (non-hydrogen) atoms. The number of aromatic nitrogens is 2. The number of nitrogens with zero attached hydrogens (tertiary/aromatic N) is 3. The molecule has 0 spiro atoms. The standard InChI is InChI=1S/C24H20N4O3/c1-30-17-7-8-19(23(13-17)31-2)22-14-20(18-5-3-4-6-21(18)27-22)24(29)28-26-15-16-9-11-25-12-10-16/h3-15H,1-2H3,(H,28,29)/b26-15+. The fourth-order valence-electron chi connectivity index (χ4n) is 3.19. The van der Waals surface area contributed by atoms with E-state index in [9.17, 15) is 4.79 Å². The minimum absolute atomic E-state index is 0.336. The third-order valence-corrected chi connectivity index (χ3v) is 4.73. The zero-order valence-corrected chi connectivity index (χ0v) is 17.1. The van der Waals surface area contributed by atoms with Gasteiger partial charge in [0.1, 0.15) is 11.5 Å². The van der Waals surface area contributed by atoms with Gasteiger partial charge in [0.05, 0.1) is 37.2 Å².